The number of rotatable bonds is 5. The third-order valence-corrected chi connectivity index (χ3v) is 7.56. The lowest BCUT2D eigenvalue weighted by atomic mass is 10.1. The summed E-state index contributed by atoms with van der Waals surface area (Å²) in [4.78, 5) is 25.3. The van der Waals surface area contributed by atoms with Gasteiger partial charge in [0.1, 0.15) is 17.7 Å². The number of thiophene rings is 1. The van der Waals surface area contributed by atoms with E-state index >= 15 is 0 Å². The second-order valence-electron chi connectivity index (χ2n) is 7.17. The minimum absolute atomic E-state index is 0.00483. The van der Waals surface area contributed by atoms with Gasteiger partial charge in [0.2, 0.25) is 0 Å². The molecule has 0 radical (unpaired) electrons. The number of hydrogen-bond acceptors (Lipinski definition) is 6. The topological polar surface area (TPSA) is 63.9 Å². The molecule has 0 saturated heterocycles. The first-order chi connectivity index (χ1) is 15.1. The van der Waals surface area contributed by atoms with Crippen LogP contribution in [0, 0.1) is 0 Å². The van der Waals surface area contributed by atoms with E-state index in [2.05, 4.69) is 16.1 Å². The summed E-state index contributed by atoms with van der Waals surface area (Å²) in [6.07, 6.45) is 3.17. The van der Waals surface area contributed by atoms with Crippen LogP contribution in [0.2, 0.25) is 0 Å². The van der Waals surface area contributed by atoms with Crippen LogP contribution in [0.3, 0.4) is 0 Å². The summed E-state index contributed by atoms with van der Waals surface area (Å²) in [6, 6.07) is 19.9. The molecule has 1 amide bonds. The summed E-state index contributed by atoms with van der Waals surface area (Å²) < 4.78 is 2.86. The Morgan fingerprint density at radius 1 is 1.03 bits per heavy atom. The highest BCUT2D eigenvalue weighted by atomic mass is 32.1. The number of hydrogen-bond donors (Lipinski definition) is 0. The van der Waals surface area contributed by atoms with Crippen molar-refractivity contribution < 1.29 is 4.79 Å². The van der Waals surface area contributed by atoms with Gasteiger partial charge in [0.15, 0.2) is 0 Å². The Balaban J connectivity index is 1.33. The maximum Gasteiger partial charge on any atom is 0.264 e. The summed E-state index contributed by atoms with van der Waals surface area (Å²) >= 11 is 3.14. The fraction of sp³-hybridized carbons (Fsp3) is 0.130. The van der Waals surface area contributed by atoms with E-state index in [0.717, 1.165) is 31.4 Å². The van der Waals surface area contributed by atoms with Gasteiger partial charge in [-0.15, -0.1) is 22.7 Å². The number of carbonyl (C=O) groups excluding carboxylic acids is 1. The Morgan fingerprint density at radius 2 is 1.84 bits per heavy atom. The van der Waals surface area contributed by atoms with E-state index in [-0.39, 0.29) is 11.9 Å². The summed E-state index contributed by atoms with van der Waals surface area (Å²) in [7, 11) is 1.84. The molecule has 0 saturated carbocycles. The fourth-order valence-electron chi connectivity index (χ4n) is 3.37. The zero-order chi connectivity index (χ0) is 21.4. The highest BCUT2D eigenvalue weighted by Crippen LogP contribution is 2.35. The molecule has 154 valence electrons. The highest BCUT2D eigenvalue weighted by Gasteiger charge is 2.21. The standard InChI is InChI=1S/C23H19N5OS2/c1-15(16-7-9-17(10-8-16)28-14-24-13-25-28)27(2)23(29)21-12-11-20(30-21)22-26-18-5-3-4-6-19(18)31-22/h3-15H,1-2H3. The predicted molar refractivity (Wildman–Crippen MR) is 125 cm³/mol. The molecule has 3 heterocycles. The average Bonchev–Trinajstić information content (AvgIpc) is 3.57. The van der Waals surface area contributed by atoms with E-state index in [1.165, 1.54) is 17.7 Å². The molecule has 1 unspecified atom stereocenters. The number of nitrogens with zero attached hydrogens (tertiary/aromatic N) is 5. The van der Waals surface area contributed by atoms with Crippen LogP contribution in [0.4, 0.5) is 0 Å². The highest BCUT2D eigenvalue weighted by molar-refractivity contribution is 7.26. The van der Waals surface area contributed by atoms with Crippen molar-refractivity contribution in [3.05, 3.63) is 83.8 Å². The van der Waals surface area contributed by atoms with Crippen LogP contribution in [0.25, 0.3) is 25.8 Å². The molecule has 0 aliphatic rings. The van der Waals surface area contributed by atoms with E-state index in [9.17, 15) is 4.79 Å². The second-order valence-corrected chi connectivity index (χ2v) is 9.29. The van der Waals surface area contributed by atoms with E-state index in [1.807, 2.05) is 68.6 Å². The maximum atomic E-state index is 13.1. The van der Waals surface area contributed by atoms with Crippen LogP contribution in [0.1, 0.15) is 28.2 Å². The van der Waals surface area contributed by atoms with Crippen molar-refractivity contribution >= 4 is 38.8 Å². The van der Waals surface area contributed by atoms with Crippen molar-refractivity contribution in [2.45, 2.75) is 13.0 Å². The molecule has 5 aromatic rings. The normalized spacial score (nSPS) is 12.2. The summed E-state index contributed by atoms with van der Waals surface area (Å²) in [5, 5.41) is 5.09. The fourth-order valence-corrected chi connectivity index (χ4v) is 5.37. The van der Waals surface area contributed by atoms with Crippen molar-refractivity contribution in [3.63, 3.8) is 0 Å². The quantitative estimate of drug-likeness (QED) is 0.361. The lowest BCUT2D eigenvalue weighted by Gasteiger charge is -2.25. The maximum absolute atomic E-state index is 13.1. The predicted octanol–water partition coefficient (Wildman–Crippen LogP) is 5.44. The lowest BCUT2D eigenvalue weighted by molar-refractivity contribution is 0.0747. The number of para-hydroxylation sites is 1. The van der Waals surface area contributed by atoms with Crippen LogP contribution in [0.15, 0.2) is 73.3 Å². The summed E-state index contributed by atoms with van der Waals surface area (Å²) in [5.74, 6) is 0.00483. The molecule has 0 fully saturated rings. The van der Waals surface area contributed by atoms with Crippen molar-refractivity contribution in [3.8, 4) is 15.6 Å². The SMILES string of the molecule is CC(c1ccc(-n2cncn2)cc1)N(C)C(=O)c1ccc(-c2nc3ccccc3s2)s1. The van der Waals surface area contributed by atoms with Gasteiger partial charge in [0.05, 0.1) is 31.7 Å². The first-order valence-corrected chi connectivity index (χ1v) is 11.4. The molecule has 1 atom stereocenters. The first-order valence-electron chi connectivity index (χ1n) is 9.78. The minimum Gasteiger partial charge on any atom is -0.334 e. The Bertz CT molecular complexity index is 1310. The summed E-state index contributed by atoms with van der Waals surface area (Å²) in [5.41, 5.74) is 2.98. The van der Waals surface area contributed by atoms with Crippen LogP contribution in [-0.4, -0.2) is 37.6 Å². The third-order valence-electron chi connectivity index (χ3n) is 5.28. The van der Waals surface area contributed by atoms with E-state index in [1.54, 1.807) is 27.2 Å². The number of amides is 1. The van der Waals surface area contributed by atoms with Gasteiger partial charge >= 0.3 is 0 Å². The molecule has 0 N–H and O–H groups in total. The molecular weight excluding hydrogens is 426 g/mol. The van der Waals surface area contributed by atoms with Gasteiger partial charge in [-0.2, -0.15) is 5.10 Å². The Morgan fingerprint density at radius 3 is 2.58 bits per heavy atom. The van der Waals surface area contributed by atoms with Crippen molar-refractivity contribution in [1.82, 2.24) is 24.6 Å². The van der Waals surface area contributed by atoms with E-state index < -0.39 is 0 Å². The molecule has 0 aliphatic heterocycles. The van der Waals surface area contributed by atoms with Gasteiger partial charge in [-0.1, -0.05) is 24.3 Å². The van der Waals surface area contributed by atoms with Crippen LogP contribution >= 0.6 is 22.7 Å². The molecule has 6 nitrogen and oxygen atoms in total. The van der Waals surface area contributed by atoms with Crippen molar-refractivity contribution in [2.24, 2.45) is 0 Å². The number of carbonyl (C=O) groups is 1. The molecule has 3 aromatic heterocycles. The monoisotopic (exact) mass is 445 g/mol. The lowest BCUT2D eigenvalue weighted by Crippen LogP contribution is -2.29. The number of benzene rings is 2. The molecule has 2 aromatic carbocycles. The molecule has 8 heteroatoms. The molecular formula is C23H19N5OS2. The zero-order valence-electron chi connectivity index (χ0n) is 17.0. The first kappa shape index (κ1) is 19.6. The Labute approximate surface area is 187 Å². The molecule has 0 aliphatic carbocycles. The van der Waals surface area contributed by atoms with Crippen LogP contribution in [-0.2, 0) is 0 Å². The van der Waals surface area contributed by atoms with Gasteiger partial charge in [-0.25, -0.2) is 14.6 Å². The number of fused-ring (bicyclic) bond motifs is 1. The molecule has 31 heavy (non-hydrogen) atoms. The van der Waals surface area contributed by atoms with Gasteiger partial charge in [0.25, 0.3) is 5.91 Å². The van der Waals surface area contributed by atoms with Gasteiger partial charge in [0, 0.05) is 7.05 Å². The average molecular weight is 446 g/mol. The van der Waals surface area contributed by atoms with Crippen molar-refractivity contribution in [1.29, 1.82) is 0 Å². The molecule has 0 bridgehead atoms. The van der Waals surface area contributed by atoms with Gasteiger partial charge in [-0.05, 0) is 48.9 Å². The number of aromatic nitrogens is 4. The largest absolute Gasteiger partial charge is 0.334 e. The Kier molecular flexibility index (Phi) is 5.09. The summed E-state index contributed by atoms with van der Waals surface area (Å²) in [6.45, 7) is 2.03. The van der Waals surface area contributed by atoms with Crippen molar-refractivity contribution in [2.75, 3.05) is 7.05 Å². The third kappa shape index (κ3) is 3.75. The van der Waals surface area contributed by atoms with Gasteiger partial charge in [-0.3, -0.25) is 4.79 Å². The van der Waals surface area contributed by atoms with E-state index in [0.29, 0.717) is 4.88 Å². The van der Waals surface area contributed by atoms with Crippen LogP contribution < -0.4 is 0 Å². The number of thiazole rings is 1. The Hall–Kier alpha value is -3.36. The van der Waals surface area contributed by atoms with E-state index in [4.69, 9.17) is 4.98 Å². The second kappa shape index (κ2) is 8.05. The van der Waals surface area contributed by atoms with Gasteiger partial charge < -0.3 is 4.90 Å². The smallest absolute Gasteiger partial charge is 0.264 e. The zero-order valence-corrected chi connectivity index (χ0v) is 18.6. The molecule has 5 rings (SSSR count). The van der Waals surface area contributed by atoms with Crippen LogP contribution in [0.5, 0.6) is 0 Å². The minimum atomic E-state index is -0.0645. The molecule has 0 spiro atoms.